The zero-order valence-electron chi connectivity index (χ0n) is 17.7. The highest BCUT2D eigenvalue weighted by molar-refractivity contribution is 9.10. The van der Waals surface area contributed by atoms with E-state index in [4.69, 9.17) is 0 Å². The van der Waals surface area contributed by atoms with Crippen molar-refractivity contribution in [2.24, 2.45) is 5.92 Å². The average Bonchev–Trinajstić information content (AvgIpc) is 3.38. The lowest BCUT2D eigenvalue weighted by molar-refractivity contribution is -0.134. The Bertz CT molecular complexity index is 1160. The summed E-state index contributed by atoms with van der Waals surface area (Å²) in [4.78, 5) is 38.8. The van der Waals surface area contributed by atoms with Crippen LogP contribution in [0.15, 0.2) is 66.1 Å². The molecular weight excluding hydrogens is 472 g/mol. The van der Waals surface area contributed by atoms with Crippen LogP contribution >= 0.6 is 15.9 Å². The highest BCUT2D eigenvalue weighted by Gasteiger charge is 2.30. The van der Waals surface area contributed by atoms with Crippen LogP contribution in [-0.2, 0) is 22.7 Å². The molecule has 7 nitrogen and oxygen atoms in total. The lowest BCUT2D eigenvalue weighted by atomic mass is 9.94. The monoisotopic (exact) mass is 496 g/mol. The predicted molar refractivity (Wildman–Crippen MR) is 126 cm³/mol. The van der Waals surface area contributed by atoms with Gasteiger partial charge in [-0.2, -0.15) is 0 Å². The van der Waals surface area contributed by atoms with E-state index in [-0.39, 0.29) is 30.1 Å². The summed E-state index contributed by atoms with van der Waals surface area (Å²) in [6.45, 7) is 6.06. The van der Waals surface area contributed by atoms with Gasteiger partial charge in [-0.15, -0.1) is 0 Å². The Morgan fingerprint density at radius 1 is 1.19 bits per heavy atom. The molecule has 2 amide bonds. The summed E-state index contributed by atoms with van der Waals surface area (Å²) in [5, 5.41) is 3.77. The van der Waals surface area contributed by atoms with Crippen LogP contribution < -0.4 is 5.32 Å². The summed E-state index contributed by atoms with van der Waals surface area (Å²) in [7, 11) is 0. The maximum Gasteiger partial charge on any atom is 0.253 e. The minimum Gasteiger partial charge on any atom is -0.353 e. The Morgan fingerprint density at radius 2 is 1.94 bits per heavy atom. The van der Waals surface area contributed by atoms with E-state index in [9.17, 15) is 14.4 Å². The van der Waals surface area contributed by atoms with Gasteiger partial charge in [0.15, 0.2) is 5.78 Å². The minimum absolute atomic E-state index is 0.0834. The molecule has 1 aliphatic heterocycles. The molecule has 0 aliphatic carbocycles. The Labute approximate surface area is 194 Å². The van der Waals surface area contributed by atoms with Crippen LogP contribution in [0.25, 0.3) is 10.9 Å². The first-order chi connectivity index (χ1) is 15.4. The number of nitrogens with zero attached hydrogens (tertiary/aromatic N) is 3. The van der Waals surface area contributed by atoms with Crippen LogP contribution in [-0.4, -0.2) is 51.3 Å². The van der Waals surface area contributed by atoms with Gasteiger partial charge >= 0.3 is 0 Å². The minimum atomic E-state index is -0.163. The highest BCUT2D eigenvalue weighted by Crippen LogP contribution is 2.26. The molecule has 32 heavy (non-hydrogen) atoms. The van der Waals surface area contributed by atoms with Crippen molar-refractivity contribution >= 4 is 44.4 Å². The number of ketones is 1. The van der Waals surface area contributed by atoms with Crippen LogP contribution in [0.2, 0.25) is 0 Å². The summed E-state index contributed by atoms with van der Waals surface area (Å²) in [6, 6.07) is 9.62. The number of hydrogen-bond donors (Lipinski definition) is 1. The number of rotatable bonds is 9. The molecule has 0 saturated carbocycles. The van der Waals surface area contributed by atoms with E-state index in [2.05, 4.69) is 27.8 Å². The van der Waals surface area contributed by atoms with E-state index in [1.54, 1.807) is 11.1 Å². The number of likely N-dealkylation sites (tertiary alicyclic amines) is 1. The van der Waals surface area contributed by atoms with Crippen LogP contribution in [0.5, 0.6) is 0 Å². The number of carbonyl (C=O) groups is 3. The van der Waals surface area contributed by atoms with Crippen molar-refractivity contribution in [2.75, 3.05) is 19.6 Å². The van der Waals surface area contributed by atoms with Gasteiger partial charge in [0.25, 0.3) is 5.91 Å². The Kier molecular flexibility index (Phi) is 6.60. The fourth-order valence-electron chi connectivity index (χ4n) is 4.08. The molecule has 1 saturated heterocycles. The number of carbonyl (C=O) groups excluding carboxylic acids is 3. The maximum atomic E-state index is 12.9. The number of Topliss-reactive ketones (excluding diaryl/α,β-unsaturated/α-hetero) is 1. The van der Waals surface area contributed by atoms with Crippen molar-refractivity contribution in [1.82, 2.24) is 19.4 Å². The van der Waals surface area contributed by atoms with Crippen molar-refractivity contribution in [3.63, 3.8) is 0 Å². The molecular formula is C24H25BrN4O3. The number of hydrogen-bond acceptors (Lipinski definition) is 3. The van der Waals surface area contributed by atoms with Gasteiger partial charge in [0.1, 0.15) is 0 Å². The smallest absolute Gasteiger partial charge is 0.253 e. The van der Waals surface area contributed by atoms with E-state index < -0.39 is 0 Å². The lowest BCUT2D eigenvalue weighted by Crippen LogP contribution is -2.50. The van der Waals surface area contributed by atoms with Crippen molar-refractivity contribution < 1.29 is 14.4 Å². The molecule has 1 N–H and O–H groups in total. The van der Waals surface area contributed by atoms with Crippen LogP contribution in [0.4, 0.5) is 0 Å². The number of halogens is 1. The summed E-state index contributed by atoms with van der Waals surface area (Å²) < 4.78 is 4.72. The highest BCUT2D eigenvalue weighted by atomic mass is 79.9. The molecule has 8 heteroatoms. The summed E-state index contributed by atoms with van der Waals surface area (Å²) in [5.74, 6) is 0.00560. The molecule has 1 aromatic carbocycles. The number of amides is 2. The fraction of sp³-hybridized carbons (Fsp3) is 0.292. The third-order valence-electron chi connectivity index (χ3n) is 5.72. The summed E-state index contributed by atoms with van der Waals surface area (Å²) in [5.41, 5.74) is 1.39. The Hall–Kier alpha value is -3.13. The number of fused-ring (bicyclic) bond motifs is 1. The van der Waals surface area contributed by atoms with E-state index in [1.165, 1.54) is 6.08 Å². The molecule has 1 fully saturated rings. The number of benzene rings is 1. The van der Waals surface area contributed by atoms with Crippen LogP contribution in [0.1, 0.15) is 16.8 Å². The topological polar surface area (TPSA) is 76.3 Å². The average molecular weight is 497 g/mol. The van der Waals surface area contributed by atoms with Gasteiger partial charge in [-0.25, -0.2) is 0 Å². The van der Waals surface area contributed by atoms with E-state index in [1.807, 2.05) is 51.9 Å². The molecule has 3 heterocycles. The first-order valence-electron chi connectivity index (χ1n) is 10.5. The molecule has 4 rings (SSSR count). The van der Waals surface area contributed by atoms with Gasteiger partial charge in [-0.05, 0) is 36.4 Å². The van der Waals surface area contributed by atoms with Gasteiger partial charge in [0.2, 0.25) is 5.91 Å². The van der Waals surface area contributed by atoms with Gasteiger partial charge in [-0.1, -0.05) is 22.5 Å². The van der Waals surface area contributed by atoms with E-state index >= 15 is 0 Å². The standard InChI is InChI=1S/C24H25BrN4O3/c1-2-23(31)29-13-17(14-29)11-19(30)15-28-16-21(20-12-18(25)5-6-22(20)28)24(32)26-7-10-27-8-3-4-9-27/h2-6,8-9,12,16-17H,1,7,10-11,13-15H2,(H,26,32). The molecule has 0 unspecified atom stereocenters. The second-order valence-electron chi connectivity index (χ2n) is 8.07. The third kappa shape index (κ3) is 4.85. The maximum absolute atomic E-state index is 12.9. The largest absolute Gasteiger partial charge is 0.353 e. The first-order valence-corrected chi connectivity index (χ1v) is 11.3. The Balaban J connectivity index is 1.43. The molecule has 0 radical (unpaired) electrons. The van der Waals surface area contributed by atoms with Crippen molar-refractivity contribution in [1.29, 1.82) is 0 Å². The summed E-state index contributed by atoms with van der Waals surface area (Å²) >= 11 is 3.48. The van der Waals surface area contributed by atoms with Gasteiger partial charge in [0, 0.05) is 72.5 Å². The quantitative estimate of drug-likeness (QED) is 0.462. The van der Waals surface area contributed by atoms with E-state index in [0.717, 1.165) is 15.4 Å². The van der Waals surface area contributed by atoms with Crippen molar-refractivity contribution in [2.45, 2.75) is 19.5 Å². The third-order valence-corrected chi connectivity index (χ3v) is 6.21. The zero-order valence-corrected chi connectivity index (χ0v) is 19.3. The predicted octanol–water partition coefficient (Wildman–Crippen LogP) is 3.24. The number of nitrogens with one attached hydrogen (secondary N) is 1. The molecule has 2 aromatic heterocycles. The number of aromatic nitrogens is 2. The SMILES string of the molecule is C=CC(=O)N1CC(CC(=O)Cn2cc(C(=O)NCCn3cccc3)c3cc(Br)ccc32)C1. The fourth-order valence-corrected chi connectivity index (χ4v) is 4.44. The van der Waals surface area contributed by atoms with Crippen molar-refractivity contribution in [3.8, 4) is 0 Å². The molecule has 1 aliphatic rings. The zero-order chi connectivity index (χ0) is 22.7. The van der Waals surface area contributed by atoms with Crippen LogP contribution in [0.3, 0.4) is 0 Å². The molecule has 0 spiro atoms. The Morgan fingerprint density at radius 3 is 2.66 bits per heavy atom. The van der Waals surface area contributed by atoms with Gasteiger partial charge in [0.05, 0.1) is 12.1 Å². The lowest BCUT2D eigenvalue weighted by Gasteiger charge is -2.38. The molecule has 0 bridgehead atoms. The van der Waals surface area contributed by atoms with Gasteiger partial charge < -0.3 is 19.4 Å². The van der Waals surface area contributed by atoms with E-state index in [0.29, 0.717) is 38.2 Å². The summed E-state index contributed by atoms with van der Waals surface area (Å²) in [6.07, 6.45) is 7.38. The molecule has 3 aromatic rings. The van der Waals surface area contributed by atoms with Crippen molar-refractivity contribution in [3.05, 3.63) is 71.6 Å². The molecule has 0 atom stereocenters. The van der Waals surface area contributed by atoms with Gasteiger partial charge in [-0.3, -0.25) is 14.4 Å². The second kappa shape index (κ2) is 9.56. The first kappa shape index (κ1) is 22.1. The van der Waals surface area contributed by atoms with Crippen LogP contribution in [0, 0.1) is 5.92 Å². The second-order valence-corrected chi connectivity index (χ2v) is 8.98. The normalized spacial score (nSPS) is 13.7. The molecule has 166 valence electrons.